The molecule has 0 aromatic rings. The first-order valence-electron chi connectivity index (χ1n) is 6.09. The lowest BCUT2D eigenvalue weighted by Gasteiger charge is -2.12. The van der Waals surface area contributed by atoms with Gasteiger partial charge in [0.15, 0.2) is 0 Å². The van der Waals surface area contributed by atoms with Gasteiger partial charge < -0.3 is 15.7 Å². The number of carboxylic acid groups (broad SMARTS) is 1. The van der Waals surface area contributed by atoms with E-state index in [0.717, 1.165) is 19.3 Å². The lowest BCUT2D eigenvalue weighted by atomic mass is 10.1. The normalized spacial score (nSPS) is 22.4. The molecule has 3 N–H and O–H groups in total. The Morgan fingerprint density at radius 1 is 1.35 bits per heavy atom. The Kier molecular flexibility index (Phi) is 5.52. The topological polar surface area (TPSA) is 78.4 Å². The van der Waals surface area contributed by atoms with Crippen molar-refractivity contribution < 1.29 is 14.7 Å². The molecule has 96 valence electrons. The number of unbranched alkanes of at least 4 members (excludes halogenated alkanes) is 2. The van der Waals surface area contributed by atoms with E-state index in [2.05, 4.69) is 17.6 Å². The minimum absolute atomic E-state index is 0.165. The van der Waals surface area contributed by atoms with E-state index in [1.807, 2.05) is 0 Å². The van der Waals surface area contributed by atoms with Crippen LogP contribution in [0.3, 0.4) is 0 Å². The van der Waals surface area contributed by atoms with Crippen LogP contribution in [0, 0.1) is 5.92 Å². The standard InChI is InChI=1S/C12H20N2O3/c1-2-3-4-7-13-12(17)14-10-6-5-9(8-10)11(15)16/h5-6,9-10H,2-4,7-8H2,1H3,(H,15,16)(H2,13,14,17). The summed E-state index contributed by atoms with van der Waals surface area (Å²) in [7, 11) is 0. The second-order valence-electron chi connectivity index (χ2n) is 4.28. The van der Waals surface area contributed by atoms with Gasteiger partial charge in [0.1, 0.15) is 0 Å². The number of rotatable bonds is 6. The van der Waals surface area contributed by atoms with Gasteiger partial charge >= 0.3 is 12.0 Å². The number of carbonyl (C=O) groups is 2. The summed E-state index contributed by atoms with van der Waals surface area (Å²) in [5.74, 6) is -1.31. The molecule has 0 saturated heterocycles. The first kappa shape index (κ1) is 13.5. The number of aliphatic carboxylic acids is 1. The van der Waals surface area contributed by atoms with Crippen molar-refractivity contribution in [2.24, 2.45) is 5.92 Å². The van der Waals surface area contributed by atoms with Crippen LogP contribution >= 0.6 is 0 Å². The number of carbonyl (C=O) groups excluding carboxylic acids is 1. The fourth-order valence-corrected chi connectivity index (χ4v) is 1.79. The van der Waals surface area contributed by atoms with Gasteiger partial charge in [0.25, 0.3) is 0 Å². The molecule has 2 unspecified atom stereocenters. The summed E-state index contributed by atoms with van der Waals surface area (Å²) in [4.78, 5) is 22.1. The van der Waals surface area contributed by atoms with Crippen LogP contribution in [0.2, 0.25) is 0 Å². The van der Waals surface area contributed by atoms with Gasteiger partial charge in [0.05, 0.1) is 12.0 Å². The van der Waals surface area contributed by atoms with Crippen LogP contribution in [0.15, 0.2) is 12.2 Å². The van der Waals surface area contributed by atoms with Crippen LogP contribution in [0.1, 0.15) is 32.6 Å². The minimum Gasteiger partial charge on any atom is -0.481 e. The molecule has 0 bridgehead atoms. The SMILES string of the molecule is CCCCCNC(=O)NC1C=CC(C(=O)O)C1. The van der Waals surface area contributed by atoms with Gasteiger partial charge in [-0.25, -0.2) is 4.79 Å². The molecule has 5 heteroatoms. The molecule has 17 heavy (non-hydrogen) atoms. The van der Waals surface area contributed by atoms with Crippen molar-refractivity contribution in [2.45, 2.75) is 38.6 Å². The summed E-state index contributed by atoms with van der Waals surface area (Å²) in [6.07, 6.45) is 7.01. The highest BCUT2D eigenvalue weighted by atomic mass is 16.4. The first-order chi connectivity index (χ1) is 8.13. The molecule has 0 heterocycles. The average Bonchev–Trinajstić information content (AvgIpc) is 2.73. The Morgan fingerprint density at radius 2 is 2.12 bits per heavy atom. The highest BCUT2D eigenvalue weighted by Crippen LogP contribution is 2.17. The summed E-state index contributed by atoms with van der Waals surface area (Å²) in [6.45, 7) is 2.77. The Balaban J connectivity index is 2.16. The molecule has 2 amide bonds. The predicted molar refractivity (Wildman–Crippen MR) is 64.7 cm³/mol. The smallest absolute Gasteiger partial charge is 0.315 e. The molecule has 0 spiro atoms. The number of carboxylic acids is 1. The highest BCUT2D eigenvalue weighted by Gasteiger charge is 2.25. The van der Waals surface area contributed by atoms with Gasteiger partial charge in [-0.05, 0) is 12.8 Å². The molecule has 1 aliphatic carbocycles. The second kappa shape index (κ2) is 6.93. The second-order valence-corrected chi connectivity index (χ2v) is 4.28. The lowest BCUT2D eigenvalue weighted by Crippen LogP contribution is -2.41. The third kappa shape index (κ3) is 4.89. The van der Waals surface area contributed by atoms with Crippen molar-refractivity contribution >= 4 is 12.0 Å². The summed E-state index contributed by atoms with van der Waals surface area (Å²) in [5.41, 5.74) is 0. The molecular formula is C12H20N2O3. The van der Waals surface area contributed by atoms with Gasteiger partial charge in [0, 0.05) is 6.54 Å². The van der Waals surface area contributed by atoms with Crippen LogP contribution in [0.25, 0.3) is 0 Å². The molecule has 0 aromatic carbocycles. The maximum absolute atomic E-state index is 11.4. The van der Waals surface area contributed by atoms with E-state index in [9.17, 15) is 9.59 Å². The summed E-state index contributed by atoms with van der Waals surface area (Å²) < 4.78 is 0. The zero-order chi connectivity index (χ0) is 12.7. The fraction of sp³-hybridized carbons (Fsp3) is 0.667. The molecule has 2 atom stereocenters. The first-order valence-corrected chi connectivity index (χ1v) is 6.09. The van der Waals surface area contributed by atoms with E-state index < -0.39 is 11.9 Å². The van der Waals surface area contributed by atoms with Crippen molar-refractivity contribution in [1.29, 1.82) is 0 Å². The molecular weight excluding hydrogens is 220 g/mol. The number of urea groups is 1. The quantitative estimate of drug-likeness (QED) is 0.486. The van der Waals surface area contributed by atoms with Crippen molar-refractivity contribution in [3.8, 4) is 0 Å². The summed E-state index contributed by atoms with van der Waals surface area (Å²) in [5, 5.41) is 14.3. The maximum atomic E-state index is 11.4. The van der Waals surface area contributed by atoms with Gasteiger partial charge in [-0.3, -0.25) is 4.79 Å². The van der Waals surface area contributed by atoms with Crippen LogP contribution < -0.4 is 10.6 Å². The number of nitrogens with one attached hydrogen (secondary N) is 2. The van der Waals surface area contributed by atoms with Crippen molar-refractivity contribution in [3.05, 3.63) is 12.2 Å². The van der Waals surface area contributed by atoms with E-state index in [4.69, 9.17) is 5.11 Å². The van der Waals surface area contributed by atoms with E-state index in [-0.39, 0.29) is 12.1 Å². The van der Waals surface area contributed by atoms with Crippen molar-refractivity contribution in [1.82, 2.24) is 10.6 Å². The predicted octanol–water partition coefficient (Wildman–Crippen LogP) is 1.51. The van der Waals surface area contributed by atoms with Crippen LogP contribution in [-0.4, -0.2) is 29.7 Å². The van der Waals surface area contributed by atoms with Crippen LogP contribution in [0.4, 0.5) is 4.79 Å². The average molecular weight is 240 g/mol. The molecule has 0 aromatic heterocycles. The molecule has 5 nitrogen and oxygen atoms in total. The van der Waals surface area contributed by atoms with Gasteiger partial charge in [0.2, 0.25) is 0 Å². The highest BCUT2D eigenvalue weighted by molar-refractivity contribution is 5.76. The van der Waals surface area contributed by atoms with Crippen molar-refractivity contribution in [2.75, 3.05) is 6.54 Å². The van der Waals surface area contributed by atoms with Gasteiger partial charge in [-0.1, -0.05) is 31.9 Å². The Bertz CT molecular complexity index is 302. The minimum atomic E-state index is -0.839. The Hall–Kier alpha value is -1.52. The van der Waals surface area contributed by atoms with E-state index in [1.54, 1.807) is 12.2 Å². The van der Waals surface area contributed by atoms with Gasteiger partial charge in [-0.15, -0.1) is 0 Å². The molecule has 1 rings (SSSR count). The number of hydrogen-bond acceptors (Lipinski definition) is 2. The summed E-state index contributed by atoms with van der Waals surface area (Å²) >= 11 is 0. The number of hydrogen-bond donors (Lipinski definition) is 3. The molecule has 0 fully saturated rings. The molecule has 0 radical (unpaired) electrons. The third-order valence-electron chi connectivity index (χ3n) is 2.78. The van der Waals surface area contributed by atoms with E-state index in [0.29, 0.717) is 13.0 Å². The largest absolute Gasteiger partial charge is 0.481 e. The molecule has 0 saturated carbocycles. The maximum Gasteiger partial charge on any atom is 0.315 e. The Morgan fingerprint density at radius 3 is 2.71 bits per heavy atom. The monoisotopic (exact) mass is 240 g/mol. The molecule has 1 aliphatic rings. The van der Waals surface area contributed by atoms with Crippen LogP contribution in [0.5, 0.6) is 0 Å². The van der Waals surface area contributed by atoms with E-state index >= 15 is 0 Å². The zero-order valence-corrected chi connectivity index (χ0v) is 10.1. The third-order valence-corrected chi connectivity index (χ3v) is 2.78. The van der Waals surface area contributed by atoms with Crippen molar-refractivity contribution in [3.63, 3.8) is 0 Å². The zero-order valence-electron chi connectivity index (χ0n) is 10.1. The fourth-order valence-electron chi connectivity index (χ4n) is 1.79. The molecule has 0 aliphatic heterocycles. The van der Waals surface area contributed by atoms with E-state index in [1.165, 1.54) is 0 Å². The number of amides is 2. The van der Waals surface area contributed by atoms with Gasteiger partial charge in [-0.2, -0.15) is 0 Å². The summed E-state index contributed by atoms with van der Waals surface area (Å²) in [6, 6.07) is -0.385. The Labute approximate surface area is 101 Å². The van der Waals surface area contributed by atoms with Crippen LogP contribution in [-0.2, 0) is 4.79 Å². The lowest BCUT2D eigenvalue weighted by molar-refractivity contribution is -0.140.